The molecule has 0 spiro atoms. The maximum absolute atomic E-state index is 12.5. The second kappa shape index (κ2) is 8.44. The summed E-state index contributed by atoms with van der Waals surface area (Å²) in [5, 5.41) is 5.20. The molecule has 2 heterocycles. The number of carbonyl (C=O) groups is 1. The molecule has 1 amide bonds. The fraction of sp³-hybridized carbons (Fsp3) is 0.211. The number of rotatable bonds is 7. The minimum atomic E-state index is -0.305. The van der Waals surface area contributed by atoms with E-state index in [4.69, 9.17) is 9.47 Å². The summed E-state index contributed by atoms with van der Waals surface area (Å²) >= 11 is 1.35. The van der Waals surface area contributed by atoms with Crippen molar-refractivity contribution in [2.75, 3.05) is 18.5 Å². The Hall–Kier alpha value is -2.93. The predicted molar refractivity (Wildman–Crippen MR) is 102 cm³/mol. The molecule has 0 aliphatic rings. The first-order valence-corrected chi connectivity index (χ1v) is 9.17. The van der Waals surface area contributed by atoms with E-state index in [1.807, 2.05) is 43.5 Å². The number of benzene rings is 1. The SMILES string of the molecule is CCOc1ccccc1-c1csc(NC(=O)c2cccnc2OCC)n1. The molecule has 0 atom stereocenters. The third kappa shape index (κ3) is 4.00. The van der Waals surface area contributed by atoms with Gasteiger partial charge < -0.3 is 9.47 Å². The van der Waals surface area contributed by atoms with E-state index in [1.54, 1.807) is 18.3 Å². The molecular formula is C19H19N3O3S. The standard InChI is InChI=1S/C19H19N3O3S/c1-3-24-16-10-6-5-8-13(16)15-12-26-19(21-15)22-17(23)14-9-7-11-20-18(14)25-4-2/h5-12H,3-4H2,1-2H3,(H,21,22,23). The second-order valence-corrected chi connectivity index (χ2v) is 6.07. The van der Waals surface area contributed by atoms with Gasteiger partial charge in [0.15, 0.2) is 5.13 Å². The number of aromatic nitrogens is 2. The Balaban J connectivity index is 1.80. The predicted octanol–water partition coefficient (Wildman–Crippen LogP) is 4.25. The highest BCUT2D eigenvalue weighted by molar-refractivity contribution is 7.14. The highest BCUT2D eigenvalue weighted by Crippen LogP contribution is 2.32. The van der Waals surface area contributed by atoms with Crippen molar-refractivity contribution in [1.82, 2.24) is 9.97 Å². The van der Waals surface area contributed by atoms with Crippen LogP contribution in [-0.2, 0) is 0 Å². The largest absolute Gasteiger partial charge is 0.493 e. The number of hydrogen-bond acceptors (Lipinski definition) is 6. The number of thiazole rings is 1. The molecule has 0 unspecified atom stereocenters. The molecule has 0 aliphatic carbocycles. The van der Waals surface area contributed by atoms with Gasteiger partial charge in [-0.05, 0) is 38.1 Å². The molecule has 26 heavy (non-hydrogen) atoms. The van der Waals surface area contributed by atoms with Crippen molar-refractivity contribution in [3.05, 3.63) is 53.5 Å². The molecule has 0 saturated heterocycles. The van der Waals surface area contributed by atoms with Gasteiger partial charge in [0.1, 0.15) is 11.3 Å². The summed E-state index contributed by atoms with van der Waals surface area (Å²) in [4.78, 5) is 21.1. The fourth-order valence-electron chi connectivity index (χ4n) is 2.39. The van der Waals surface area contributed by atoms with E-state index in [2.05, 4.69) is 15.3 Å². The number of para-hydroxylation sites is 1. The quantitative estimate of drug-likeness (QED) is 0.674. The van der Waals surface area contributed by atoms with E-state index in [1.165, 1.54) is 11.3 Å². The molecule has 0 saturated carbocycles. The van der Waals surface area contributed by atoms with Gasteiger partial charge in [0.2, 0.25) is 5.88 Å². The summed E-state index contributed by atoms with van der Waals surface area (Å²) in [7, 11) is 0. The van der Waals surface area contributed by atoms with Crippen LogP contribution in [0.3, 0.4) is 0 Å². The highest BCUT2D eigenvalue weighted by Gasteiger charge is 2.16. The van der Waals surface area contributed by atoms with Crippen LogP contribution in [0.4, 0.5) is 5.13 Å². The van der Waals surface area contributed by atoms with Crippen LogP contribution in [0.5, 0.6) is 11.6 Å². The van der Waals surface area contributed by atoms with E-state index < -0.39 is 0 Å². The molecular weight excluding hydrogens is 350 g/mol. The summed E-state index contributed by atoms with van der Waals surface area (Å²) in [6.45, 7) is 4.80. The van der Waals surface area contributed by atoms with Crippen molar-refractivity contribution >= 4 is 22.4 Å². The molecule has 134 valence electrons. The first-order chi connectivity index (χ1) is 12.7. The molecule has 0 fully saturated rings. The van der Waals surface area contributed by atoms with Crippen LogP contribution < -0.4 is 14.8 Å². The lowest BCUT2D eigenvalue weighted by Gasteiger charge is -2.08. The Labute approximate surface area is 155 Å². The third-order valence-corrected chi connectivity index (χ3v) is 4.24. The van der Waals surface area contributed by atoms with Crippen LogP contribution in [0, 0.1) is 0 Å². The van der Waals surface area contributed by atoms with Crippen molar-refractivity contribution in [3.63, 3.8) is 0 Å². The van der Waals surface area contributed by atoms with E-state index >= 15 is 0 Å². The topological polar surface area (TPSA) is 73.3 Å². The van der Waals surface area contributed by atoms with Crippen LogP contribution in [-0.4, -0.2) is 29.1 Å². The van der Waals surface area contributed by atoms with Crippen molar-refractivity contribution in [1.29, 1.82) is 0 Å². The Morgan fingerprint density at radius 3 is 2.73 bits per heavy atom. The number of carbonyl (C=O) groups excluding carboxylic acids is 1. The second-order valence-electron chi connectivity index (χ2n) is 5.21. The minimum absolute atomic E-state index is 0.305. The van der Waals surface area contributed by atoms with Gasteiger partial charge in [-0.1, -0.05) is 12.1 Å². The zero-order valence-electron chi connectivity index (χ0n) is 14.6. The number of amides is 1. The van der Waals surface area contributed by atoms with Gasteiger partial charge in [0.05, 0.1) is 18.9 Å². The third-order valence-electron chi connectivity index (χ3n) is 3.48. The van der Waals surface area contributed by atoms with Gasteiger partial charge in [0, 0.05) is 17.1 Å². The monoisotopic (exact) mass is 369 g/mol. The first-order valence-electron chi connectivity index (χ1n) is 8.29. The molecule has 3 aromatic rings. The average Bonchev–Trinajstić information content (AvgIpc) is 3.11. The normalized spacial score (nSPS) is 10.4. The summed E-state index contributed by atoms with van der Waals surface area (Å²) in [6.07, 6.45) is 1.59. The van der Waals surface area contributed by atoms with Gasteiger partial charge in [0.25, 0.3) is 5.91 Å². The highest BCUT2D eigenvalue weighted by atomic mass is 32.1. The fourth-order valence-corrected chi connectivity index (χ4v) is 3.10. The minimum Gasteiger partial charge on any atom is -0.493 e. The zero-order chi connectivity index (χ0) is 18.4. The molecule has 3 rings (SSSR count). The van der Waals surface area contributed by atoms with E-state index in [9.17, 15) is 4.79 Å². The zero-order valence-corrected chi connectivity index (χ0v) is 15.4. The Bertz CT molecular complexity index is 895. The lowest BCUT2D eigenvalue weighted by molar-refractivity contribution is 0.102. The molecule has 1 N–H and O–H groups in total. The molecule has 7 heteroatoms. The van der Waals surface area contributed by atoms with E-state index in [0.717, 1.165) is 17.0 Å². The molecule has 6 nitrogen and oxygen atoms in total. The number of pyridine rings is 1. The van der Waals surface area contributed by atoms with Gasteiger partial charge in [-0.2, -0.15) is 0 Å². The van der Waals surface area contributed by atoms with E-state index in [-0.39, 0.29) is 5.91 Å². The number of nitrogens with zero attached hydrogens (tertiary/aromatic N) is 2. The first kappa shape index (κ1) is 17.9. The number of anilines is 1. The van der Waals surface area contributed by atoms with Crippen molar-refractivity contribution in [2.24, 2.45) is 0 Å². The number of ether oxygens (including phenoxy) is 2. The number of nitrogens with one attached hydrogen (secondary N) is 1. The van der Waals surface area contributed by atoms with Crippen molar-refractivity contribution in [2.45, 2.75) is 13.8 Å². The molecule has 0 radical (unpaired) electrons. The molecule has 1 aromatic carbocycles. The van der Waals surface area contributed by atoms with Crippen LogP contribution in [0.25, 0.3) is 11.3 Å². The maximum atomic E-state index is 12.5. The van der Waals surface area contributed by atoms with Gasteiger partial charge >= 0.3 is 0 Å². The molecule has 0 aliphatic heterocycles. The average molecular weight is 369 g/mol. The Kier molecular flexibility index (Phi) is 5.80. The summed E-state index contributed by atoms with van der Waals surface area (Å²) < 4.78 is 11.1. The summed E-state index contributed by atoms with van der Waals surface area (Å²) in [5.74, 6) is 0.774. The van der Waals surface area contributed by atoms with Crippen molar-refractivity contribution in [3.8, 4) is 22.9 Å². The van der Waals surface area contributed by atoms with Crippen molar-refractivity contribution < 1.29 is 14.3 Å². The van der Waals surface area contributed by atoms with Gasteiger partial charge in [-0.15, -0.1) is 11.3 Å². The molecule has 0 bridgehead atoms. The lowest BCUT2D eigenvalue weighted by Crippen LogP contribution is -2.14. The van der Waals surface area contributed by atoms with E-state index in [0.29, 0.717) is 29.8 Å². The number of hydrogen-bond donors (Lipinski definition) is 1. The smallest absolute Gasteiger partial charge is 0.262 e. The van der Waals surface area contributed by atoms with Gasteiger partial charge in [-0.3, -0.25) is 10.1 Å². The Morgan fingerprint density at radius 1 is 1.12 bits per heavy atom. The maximum Gasteiger partial charge on any atom is 0.262 e. The Morgan fingerprint density at radius 2 is 1.92 bits per heavy atom. The van der Waals surface area contributed by atoms with Crippen LogP contribution in [0.2, 0.25) is 0 Å². The van der Waals surface area contributed by atoms with Crippen LogP contribution >= 0.6 is 11.3 Å². The van der Waals surface area contributed by atoms with Gasteiger partial charge in [-0.25, -0.2) is 9.97 Å². The summed E-state index contributed by atoms with van der Waals surface area (Å²) in [5.41, 5.74) is 2.02. The molecule has 2 aromatic heterocycles. The summed E-state index contributed by atoms with van der Waals surface area (Å²) in [6, 6.07) is 11.1. The van der Waals surface area contributed by atoms with Crippen LogP contribution in [0.15, 0.2) is 48.0 Å². The van der Waals surface area contributed by atoms with Crippen LogP contribution in [0.1, 0.15) is 24.2 Å². The lowest BCUT2D eigenvalue weighted by atomic mass is 10.1.